The van der Waals surface area contributed by atoms with Gasteiger partial charge in [-0.25, -0.2) is 9.18 Å². The molecule has 0 aliphatic carbocycles. The number of nitrogens with one attached hydrogen (secondary N) is 1. The molecule has 1 aromatic heterocycles. The number of rotatable bonds is 3. The van der Waals surface area contributed by atoms with Crippen LogP contribution >= 0.6 is 0 Å². The molecule has 3 amide bonds. The van der Waals surface area contributed by atoms with E-state index in [-0.39, 0.29) is 17.8 Å². The van der Waals surface area contributed by atoms with Gasteiger partial charge in [-0.15, -0.1) is 0 Å². The zero-order valence-corrected chi connectivity index (χ0v) is 14.9. The molecule has 0 spiro atoms. The number of halogens is 1. The smallest absolute Gasteiger partial charge is 0.318 e. The third-order valence-corrected chi connectivity index (χ3v) is 4.57. The highest BCUT2D eigenvalue weighted by Gasteiger charge is 2.29. The first-order valence-corrected chi connectivity index (χ1v) is 8.53. The molecule has 0 unspecified atom stereocenters. The van der Waals surface area contributed by atoms with Crippen molar-refractivity contribution < 1.29 is 18.4 Å². The van der Waals surface area contributed by atoms with Gasteiger partial charge in [-0.05, 0) is 43.7 Å². The van der Waals surface area contributed by atoms with Crippen LogP contribution in [0.5, 0.6) is 0 Å². The normalized spacial score (nSPS) is 15.0. The third kappa shape index (κ3) is 3.87. The van der Waals surface area contributed by atoms with Gasteiger partial charge < -0.3 is 19.5 Å². The number of amides is 3. The molecule has 0 saturated carbocycles. The number of carbonyl (C=O) groups is 2. The number of urea groups is 1. The zero-order chi connectivity index (χ0) is 18.7. The predicted octanol–water partition coefficient (Wildman–Crippen LogP) is 2.82. The molecule has 1 aromatic carbocycles. The topological polar surface area (TPSA) is 65.8 Å². The van der Waals surface area contributed by atoms with Crippen molar-refractivity contribution in [3.63, 3.8) is 0 Å². The first-order chi connectivity index (χ1) is 12.4. The molecular weight excluding hydrogens is 337 g/mol. The molecule has 3 rings (SSSR count). The summed E-state index contributed by atoms with van der Waals surface area (Å²) in [4.78, 5) is 28.2. The number of nitrogens with zero attached hydrogens (tertiary/aromatic N) is 2. The SMILES string of the molecule is CC(C)(NC(=O)N1CCN(C(=O)c2ccco2)CC1)c1ccc(F)cc1. The summed E-state index contributed by atoms with van der Waals surface area (Å²) in [6.45, 7) is 5.52. The maximum Gasteiger partial charge on any atom is 0.318 e. The van der Waals surface area contributed by atoms with Crippen molar-refractivity contribution in [1.82, 2.24) is 15.1 Å². The minimum absolute atomic E-state index is 0.165. The van der Waals surface area contributed by atoms with Crippen LogP contribution in [-0.4, -0.2) is 47.9 Å². The number of hydrogen-bond acceptors (Lipinski definition) is 3. The van der Waals surface area contributed by atoms with E-state index in [9.17, 15) is 14.0 Å². The number of benzene rings is 1. The molecule has 0 bridgehead atoms. The van der Waals surface area contributed by atoms with Gasteiger partial charge in [0.1, 0.15) is 5.82 Å². The third-order valence-electron chi connectivity index (χ3n) is 4.57. The summed E-state index contributed by atoms with van der Waals surface area (Å²) < 4.78 is 18.2. The van der Waals surface area contributed by atoms with Crippen LogP contribution in [0.15, 0.2) is 47.1 Å². The Balaban J connectivity index is 1.56. The fourth-order valence-electron chi connectivity index (χ4n) is 2.95. The van der Waals surface area contributed by atoms with Gasteiger partial charge in [-0.3, -0.25) is 4.79 Å². The average Bonchev–Trinajstić information content (AvgIpc) is 3.16. The molecule has 1 saturated heterocycles. The summed E-state index contributed by atoms with van der Waals surface area (Å²) in [5, 5.41) is 2.98. The summed E-state index contributed by atoms with van der Waals surface area (Å²) in [5.41, 5.74) is 0.185. The summed E-state index contributed by atoms with van der Waals surface area (Å²) in [5.74, 6) is -0.171. The maximum absolute atomic E-state index is 13.1. The van der Waals surface area contributed by atoms with Gasteiger partial charge in [0.25, 0.3) is 5.91 Å². The van der Waals surface area contributed by atoms with Gasteiger partial charge >= 0.3 is 6.03 Å². The van der Waals surface area contributed by atoms with E-state index in [1.807, 2.05) is 13.8 Å². The maximum atomic E-state index is 13.1. The summed E-state index contributed by atoms with van der Waals surface area (Å²) in [6.07, 6.45) is 1.47. The lowest BCUT2D eigenvalue weighted by Crippen LogP contribution is -2.55. The first kappa shape index (κ1) is 18.0. The van der Waals surface area contributed by atoms with E-state index in [2.05, 4.69) is 5.32 Å². The van der Waals surface area contributed by atoms with Gasteiger partial charge in [0, 0.05) is 26.2 Å². The Morgan fingerprint density at radius 3 is 2.23 bits per heavy atom. The van der Waals surface area contributed by atoms with E-state index in [1.165, 1.54) is 18.4 Å². The van der Waals surface area contributed by atoms with Gasteiger partial charge in [0.15, 0.2) is 5.76 Å². The molecule has 2 aromatic rings. The quantitative estimate of drug-likeness (QED) is 0.916. The van der Waals surface area contributed by atoms with Gasteiger partial charge in [-0.1, -0.05) is 12.1 Å². The second kappa shape index (κ2) is 7.19. The van der Waals surface area contributed by atoms with Crippen molar-refractivity contribution in [3.8, 4) is 0 Å². The van der Waals surface area contributed by atoms with E-state index in [0.717, 1.165) is 5.56 Å². The van der Waals surface area contributed by atoms with Crippen molar-refractivity contribution in [1.29, 1.82) is 0 Å². The van der Waals surface area contributed by atoms with Gasteiger partial charge in [0.2, 0.25) is 0 Å². The predicted molar refractivity (Wildman–Crippen MR) is 94.1 cm³/mol. The second-order valence-corrected chi connectivity index (χ2v) is 6.82. The van der Waals surface area contributed by atoms with Crippen molar-refractivity contribution in [2.45, 2.75) is 19.4 Å². The molecule has 2 heterocycles. The van der Waals surface area contributed by atoms with Crippen molar-refractivity contribution >= 4 is 11.9 Å². The molecule has 0 radical (unpaired) electrons. The Kier molecular flexibility index (Phi) is 4.97. The minimum Gasteiger partial charge on any atom is -0.459 e. The van der Waals surface area contributed by atoms with E-state index in [4.69, 9.17) is 4.42 Å². The molecule has 1 N–H and O–H groups in total. The Morgan fingerprint density at radius 1 is 1.04 bits per heavy atom. The Morgan fingerprint density at radius 2 is 1.65 bits per heavy atom. The molecular formula is C19H22FN3O3. The fraction of sp³-hybridized carbons (Fsp3) is 0.368. The van der Waals surface area contributed by atoms with Gasteiger partial charge in [-0.2, -0.15) is 0 Å². The highest BCUT2D eigenvalue weighted by molar-refractivity contribution is 5.91. The van der Waals surface area contributed by atoms with Gasteiger partial charge in [0.05, 0.1) is 11.8 Å². The lowest BCUT2D eigenvalue weighted by atomic mass is 9.94. The molecule has 1 fully saturated rings. The lowest BCUT2D eigenvalue weighted by molar-refractivity contribution is 0.0630. The van der Waals surface area contributed by atoms with Crippen molar-refractivity contribution in [2.75, 3.05) is 26.2 Å². The second-order valence-electron chi connectivity index (χ2n) is 6.82. The largest absolute Gasteiger partial charge is 0.459 e. The van der Waals surface area contributed by atoms with Crippen LogP contribution in [0.3, 0.4) is 0 Å². The summed E-state index contributed by atoms with van der Waals surface area (Å²) in [6, 6.07) is 9.18. The number of piperazine rings is 1. The molecule has 1 aliphatic rings. The monoisotopic (exact) mass is 359 g/mol. The first-order valence-electron chi connectivity index (χ1n) is 8.53. The fourth-order valence-corrected chi connectivity index (χ4v) is 2.95. The molecule has 26 heavy (non-hydrogen) atoms. The van der Waals surface area contributed by atoms with Crippen LogP contribution in [0.25, 0.3) is 0 Å². The zero-order valence-electron chi connectivity index (χ0n) is 14.9. The molecule has 7 heteroatoms. The summed E-state index contributed by atoms with van der Waals surface area (Å²) >= 11 is 0. The molecule has 6 nitrogen and oxygen atoms in total. The highest BCUT2D eigenvalue weighted by atomic mass is 19.1. The van der Waals surface area contributed by atoms with Crippen LogP contribution < -0.4 is 5.32 Å². The van der Waals surface area contributed by atoms with Crippen LogP contribution in [-0.2, 0) is 5.54 Å². The molecule has 138 valence electrons. The van der Waals surface area contributed by atoms with E-state index in [1.54, 1.807) is 34.1 Å². The van der Waals surface area contributed by atoms with Crippen LogP contribution in [0.1, 0.15) is 30.0 Å². The summed E-state index contributed by atoms with van der Waals surface area (Å²) in [7, 11) is 0. The Hall–Kier alpha value is -2.83. The number of furan rings is 1. The Bertz CT molecular complexity index is 764. The number of carbonyl (C=O) groups excluding carboxylic acids is 2. The van der Waals surface area contributed by atoms with Crippen LogP contribution in [0.4, 0.5) is 9.18 Å². The van der Waals surface area contributed by atoms with Crippen LogP contribution in [0, 0.1) is 5.82 Å². The van der Waals surface area contributed by atoms with E-state index in [0.29, 0.717) is 31.9 Å². The van der Waals surface area contributed by atoms with E-state index < -0.39 is 5.54 Å². The standard InChI is InChI=1S/C19H22FN3O3/c1-19(2,14-5-7-15(20)8-6-14)21-18(25)23-11-9-22(10-12-23)17(24)16-4-3-13-26-16/h3-8,13H,9-12H2,1-2H3,(H,21,25). The van der Waals surface area contributed by atoms with Crippen molar-refractivity contribution in [3.05, 3.63) is 59.8 Å². The number of hydrogen-bond donors (Lipinski definition) is 1. The van der Waals surface area contributed by atoms with Crippen LogP contribution in [0.2, 0.25) is 0 Å². The molecule has 1 aliphatic heterocycles. The minimum atomic E-state index is -0.633. The average molecular weight is 359 g/mol. The lowest BCUT2D eigenvalue weighted by Gasteiger charge is -2.37. The van der Waals surface area contributed by atoms with Crippen molar-refractivity contribution in [2.24, 2.45) is 0 Å². The Labute approximate surface area is 151 Å². The van der Waals surface area contributed by atoms with E-state index >= 15 is 0 Å². The highest BCUT2D eigenvalue weighted by Crippen LogP contribution is 2.21. The molecule has 0 atom stereocenters.